The fourth-order valence-corrected chi connectivity index (χ4v) is 1.96. The number of hydrogen-bond donors (Lipinski definition) is 0. The van der Waals surface area contributed by atoms with Gasteiger partial charge in [-0.3, -0.25) is 0 Å². The molecule has 5 heteroatoms. The van der Waals surface area contributed by atoms with Gasteiger partial charge in [0.15, 0.2) is 0 Å². The standard InChI is InChI=1S/C16H9N5/c17-9-12-4-6-14(7-5-12)16-11-21(20-19-16)15-3-1-2-13(8-15)10-18/h1-8,11H. The smallest absolute Gasteiger partial charge is 0.113 e. The summed E-state index contributed by atoms with van der Waals surface area (Å²) in [5, 5.41) is 25.9. The van der Waals surface area contributed by atoms with Gasteiger partial charge in [-0.05, 0) is 30.3 Å². The van der Waals surface area contributed by atoms with Crippen molar-refractivity contribution < 1.29 is 0 Å². The van der Waals surface area contributed by atoms with Crippen molar-refractivity contribution in [2.75, 3.05) is 0 Å². The Morgan fingerprint density at radius 2 is 1.67 bits per heavy atom. The van der Waals surface area contributed by atoms with Crippen LogP contribution in [0.2, 0.25) is 0 Å². The van der Waals surface area contributed by atoms with E-state index in [2.05, 4.69) is 22.5 Å². The number of nitriles is 2. The Labute approximate surface area is 121 Å². The number of nitrogens with zero attached hydrogens (tertiary/aromatic N) is 5. The van der Waals surface area contributed by atoms with E-state index in [1.165, 1.54) is 0 Å². The van der Waals surface area contributed by atoms with Crippen LogP contribution >= 0.6 is 0 Å². The topological polar surface area (TPSA) is 78.3 Å². The van der Waals surface area contributed by atoms with Crippen molar-refractivity contribution in [3.63, 3.8) is 0 Å². The molecule has 1 heterocycles. The van der Waals surface area contributed by atoms with Crippen LogP contribution in [0, 0.1) is 22.7 Å². The van der Waals surface area contributed by atoms with Crippen LogP contribution in [0.25, 0.3) is 16.9 Å². The fourth-order valence-electron chi connectivity index (χ4n) is 1.96. The molecule has 0 radical (unpaired) electrons. The van der Waals surface area contributed by atoms with Crippen LogP contribution < -0.4 is 0 Å². The molecule has 2 aromatic carbocycles. The van der Waals surface area contributed by atoms with E-state index < -0.39 is 0 Å². The molecule has 3 rings (SSSR count). The largest absolute Gasteiger partial charge is 0.220 e. The molecule has 1 aromatic heterocycles. The SMILES string of the molecule is N#Cc1ccc(-c2cn(-c3cccc(C#N)c3)nn2)cc1. The first-order valence-electron chi connectivity index (χ1n) is 6.23. The van der Waals surface area contributed by atoms with Crippen LogP contribution in [0.5, 0.6) is 0 Å². The summed E-state index contributed by atoms with van der Waals surface area (Å²) in [5.74, 6) is 0. The lowest BCUT2D eigenvalue weighted by atomic mass is 10.1. The van der Waals surface area contributed by atoms with E-state index in [-0.39, 0.29) is 0 Å². The van der Waals surface area contributed by atoms with Crippen LogP contribution in [0.3, 0.4) is 0 Å². The Morgan fingerprint density at radius 3 is 2.38 bits per heavy atom. The van der Waals surface area contributed by atoms with Crippen molar-refractivity contribution in [1.29, 1.82) is 10.5 Å². The Balaban J connectivity index is 1.96. The highest BCUT2D eigenvalue weighted by Gasteiger charge is 2.06. The molecule has 0 aliphatic carbocycles. The van der Waals surface area contributed by atoms with E-state index in [0.717, 1.165) is 11.3 Å². The summed E-state index contributed by atoms with van der Waals surface area (Å²) in [6.07, 6.45) is 1.79. The second kappa shape index (κ2) is 5.28. The molecule has 0 aliphatic rings. The van der Waals surface area contributed by atoms with Crippen molar-refractivity contribution in [1.82, 2.24) is 15.0 Å². The maximum Gasteiger partial charge on any atom is 0.113 e. The molecule has 0 amide bonds. The van der Waals surface area contributed by atoms with Crippen molar-refractivity contribution in [2.24, 2.45) is 0 Å². The van der Waals surface area contributed by atoms with Gasteiger partial charge < -0.3 is 0 Å². The molecule has 98 valence electrons. The lowest BCUT2D eigenvalue weighted by molar-refractivity contribution is 0.803. The molecule has 0 saturated carbocycles. The number of benzene rings is 2. The van der Waals surface area contributed by atoms with Gasteiger partial charge >= 0.3 is 0 Å². The molecular weight excluding hydrogens is 262 g/mol. The zero-order chi connectivity index (χ0) is 14.7. The first-order valence-corrected chi connectivity index (χ1v) is 6.23. The van der Waals surface area contributed by atoms with Crippen LogP contribution in [0.1, 0.15) is 11.1 Å². The lowest BCUT2D eigenvalue weighted by Crippen LogP contribution is -1.94. The Kier molecular flexibility index (Phi) is 3.16. The zero-order valence-electron chi connectivity index (χ0n) is 10.9. The monoisotopic (exact) mass is 271 g/mol. The molecule has 0 bridgehead atoms. The zero-order valence-corrected chi connectivity index (χ0v) is 10.9. The average molecular weight is 271 g/mol. The molecule has 5 nitrogen and oxygen atoms in total. The average Bonchev–Trinajstić information content (AvgIpc) is 3.05. The van der Waals surface area contributed by atoms with Gasteiger partial charge in [0.2, 0.25) is 0 Å². The Hall–Kier alpha value is -3.44. The third kappa shape index (κ3) is 2.49. The third-order valence-corrected chi connectivity index (χ3v) is 3.04. The van der Waals surface area contributed by atoms with Crippen molar-refractivity contribution in [2.45, 2.75) is 0 Å². The maximum absolute atomic E-state index is 8.92. The van der Waals surface area contributed by atoms with Crippen molar-refractivity contribution in [3.05, 3.63) is 65.9 Å². The molecule has 3 aromatic rings. The van der Waals surface area contributed by atoms with E-state index in [1.54, 1.807) is 41.2 Å². The molecule has 0 aliphatic heterocycles. The van der Waals surface area contributed by atoms with E-state index in [4.69, 9.17) is 10.5 Å². The second-order valence-corrected chi connectivity index (χ2v) is 4.40. The first-order chi connectivity index (χ1) is 10.3. The van der Waals surface area contributed by atoms with Gasteiger partial charge in [0, 0.05) is 5.56 Å². The van der Waals surface area contributed by atoms with E-state index in [1.807, 2.05) is 18.2 Å². The highest BCUT2D eigenvalue weighted by molar-refractivity contribution is 5.59. The first kappa shape index (κ1) is 12.6. The predicted molar refractivity (Wildman–Crippen MR) is 76.2 cm³/mol. The molecule has 0 unspecified atom stereocenters. The molecule has 21 heavy (non-hydrogen) atoms. The fraction of sp³-hybridized carbons (Fsp3) is 0. The van der Waals surface area contributed by atoms with Crippen molar-refractivity contribution >= 4 is 0 Å². The maximum atomic E-state index is 8.92. The van der Waals surface area contributed by atoms with Gasteiger partial charge in [0.05, 0.1) is 35.1 Å². The third-order valence-electron chi connectivity index (χ3n) is 3.04. The Bertz CT molecular complexity index is 863. The second-order valence-electron chi connectivity index (χ2n) is 4.40. The van der Waals surface area contributed by atoms with E-state index in [9.17, 15) is 0 Å². The van der Waals surface area contributed by atoms with Crippen LogP contribution in [0.15, 0.2) is 54.7 Å². The highest BCUT2D eigenvalue weighted by atomic mass is 15.4. The van der Waals surface area contributed by atoms with Crippen molar-refractivity contribution in [3.8, 4) is 29.1 Å². The van der Waals surface area contributed by atoms with Crippen LogP contribution in [0.4, 0.5) is 0 Å². The lowest BCUT2D eigenvalue weighted by Gasteiger charge is -1.99. The minimum atomic E-state index is 0.572. The molecule has 0 saturated heterocycles. The predicted octanol–water partition coefficient (Wildman–Crippen LogP) is 2.68. The van der Waals surface area contributed by atoms with E-state index in [0.29, 0.717) is 16.8 Å². The molecule has 0 spiro atoms. The summed E-state index contributed by atoms with van der Waals surface area (Å²) >= 11 is 0. The summed E-state index contributed by atoms with van der Waals surface area (Å²) in [6, 6.07) is 18.5. The number of hydrogen-bond acceptors (Lipinski definition) is 4. The van der Waals surface area contributed by atoms with Gasteiger partial charge in [-0.2, -0.15) is 10.5 Å². The molecule has 0 N–H and O–H groups in total. The summed E-state index contributed by atoms with van der Waals surface area (Å²) in [7, 11) is 0. The van der Waals surface area contributed by atoms with Gasteiger partial charge in [-0.15, -0.1) is 5.10 Å². The summed E-state index contributed by atoms with van der Waals surface area (Å²) in [5.41, 5.74) is 3.55. The molecule has 0 atom stereocenters. The highest BCUT2D eigenvalue weighted by Crippen LogP contribution is 2.18. The van der Waals surface area contributed by atoms with Crippen LogP contribution in [-0.4, -0.2) is 15.0 Å². The van der Waals surface area contributed by atoms with Crippen LogP contribution in [-0.2, 0) is 0 Å². The van der Waals surface area contributed by atoms with Gasteiger partial charge in [0.25, 0.3) is 0 Å². The minimum absolute atomic E-state index is 0.572. The summed E-state index contributed by atoms with van der Waals surface area (Å²) < 4.78 is 1.62. The quantitative estimate of drug-likeness (QED) is 0.717. The van der Waals surface area contributed by atoms with Gasteiger partial charge in [-0.1, -0.05) is 23.4 Å². The van der Waals surface area contributed by atoms with E-state index >= 15 is 0 Å². The Morgan fingerprint density at radius 1 is 0.905 bits per heavy atom. The summed E-state index contributed by atoms with van der Waals surface area (Å²) in [6.45, 7) is 0. The molecule has 0 fully saturated rings. The normalized spacial score (nSPS) is 9.81. The number of rotatable bonds is 2. The minimum Gasteiger partial charge on any atom is -0.220 e. The van der Waals surface area contributed by atoms with Gasteiger partial charge in [0.1, 0.15) is 5.69 Å². The van der Waals surface area contributed by atoms with Gasteiger partial charge in [-0.25, -0.2) is 4.68 Å². The summed E-state index contributed by atoms with van der Waals surface area (Å²) in [4.78, 5) is 0. The molecular formula is C16H9N5. The number of aromatic nitrogens is 3.